The van der Waals surface area contributed by atoms with E-state index in [4.69, 9.17) is 11.6 Å². The molecule has 0 aliphatic rings. The van der Waals surface area contributed by atoms with E-state index in [0.29, 0.717) is 15.5 Å². The minimum atomic E-state index is -0.849. The van der Waals surface area contributed by atoms with Gasteiger partial charge in [0.15, 0.2) is 0 Å². The summed E-state index contributed by atoms with van der Waals surface area (Å²) in [5.41, 5.74) is 0.360. The van der Waals surface area contributed by atoms with Gasteiger partial charge in [0, 0.05) is 21.0 Å². The fourth-order valence-corrected chi connectivity index (χ4v) is 3.47. The SMILES string of the molecule is OC(Cc1cc(Cl)ccc1F)c1cc2ccc(F)cc2s1. The molecule has 0 saturated heterocycles. The van der Waals surface area contributed by atoms with E-state index in [0.717, 1.165) is 10.1 Å². The van der Waals surface area contributed by atoms with Gasteiger partial charge in [0.1, 0.15) is 11.6 Å². The molecule has 3 aromatic rings. The van der Waals surface area contributed by atoms with Crippen molar-refractivity contribution in [3.8, 4) is 0 Å². The number of thiophene rings is 1. The van der Waals surface area contributed by atoms with Crippen LogP contribution in [0.4, 0.5) is 8.78 Å². The van der Waals surface area contributed by atoms with Crippen molar-refractivity contribution < 1.29 is 13.9 Å². The first kappa shape index (κ1) is 14.4. The van der Waals surface area contributed by atoms with Gasteiger partial charge in [-0.05, 0) is 47.3 Å². The second kappa shape index (κ2) is 5.72. The highest BCUT2D eigenvalue weighted by Gasteiger charge is 2.15. The highest BCUT2D eigenvalue weighted by Crippen LogP contribution is 2.32. The van der Waals surface area contributed by atoms with Crippen LogP contribution in [-0.4, -0.2) is 5.11 Å². The Morgan fingerprint density at radius 3 is 2.71 bits per heavy atom. The molecule has 1 atom stereocenters. The average molecular weight is 325 g/mol. The number of aliphatic hydroxyl groups is 1. The first-order valence-electron chi connectivity index (χ1n) is 6.34. The first-order valence-corrected chi connectivity index (χ1v) is 7.53. The molecule has 0 bridgehead atoms. The van der Waals surface area contributed by atoms with E-state index in [9.17, 15) is 13.9 Å². The molecule has 21 heavy (non-hydrogen) atoms. The van der Waals surface area contributed by atoms with Crippen LogP contribution in [0.25, 0.3) is 10.1 Å². The maximum atomic E-state index is 13.7. The van der Waals surface area contributed by atoms with Crippen molar-refractivity contribution in [3.63, 3.8) is 0 Å². The largest absolute Gasteiger partial charge is 0.387 e. The lowest BCUT2D eigenvalue weighted by molar-refractivity contribution is 0.181. The molecule has 2 aromatic carbocycles. The third-order valence-electron chi connectivity index (χ3n) is 3.25. The molecule has 1 unspecified atom stereocenters. The van der Waals surface area contributed by atoms with E-state index in [1.165, 1.54) is 41.7 Å². The van der Waals surface area contributed by atoms with Crippen LogP contribution in [0.3, 0.4) is 0 Å². The van der Waals surface area contributed by atoms with E-state index in [2.05, 4.69) is 0 Å². The third-order valence-corrected chi connectivity index (χ3v) is 4.68. The Morgan fingerprint density at radius 2 is 1.90 bits per heavy atom. The second-order valence-corrected chi connectivity index (χ2v) is 6.34. The van der Waals surface area contributed by atoms with Crippen molar-refractivity contribution in [1.29, 1.82) is 0 Å². The highest BCUT2D eigenvalue weighted by molar-refractivity contribution is 7.19. The Morgan fingerprint density at radius 1 is 1.10 bits per heavy atom. The predicted octanol–water partition coefficient (Wildman–Crippen LogP) is 5.11. The molecule has 1 N–H and O–H groups in total. The van der Waals surface area contributed by atoms with Gasteiger partial charge in [-0.25, -0.2) is 8.78 Å². The van der Waals surface area contributed by atoms with Crippen molar-refractivity contribution in [1.82, 2.24) is 0 Å². The third kappa shape index (κ3) is 3.07. The molecule has 0 aliphatic carbocycles. The molecule has 0 radical (unpaired) electrons. The van der Waals surface area contributed by atoms with E-state index >= 15 is 0 Å². The summed E-state index contributed by atoms with van der Waals surface area (Å²) in [6.07, 6.45) is -0.722. The van der Waals surface area contributed by atoms with Crippen molar-refractivity contribution in [2.24, 2.45) is 0 Å². The molecule has 1 aromatic heterocycles. The molecule has 108 valence electrons. The minimum absolute atomic E-state index is 0.127. The van der Waals surface area contributed by atoms with E-state index in [-0.39, 0.29) is 12.2 Å². The lowest BCUT2D eigenvalue weighted by atomic mass is 10.1. The highest BCUT2D eigenvalue weighted by atomic mass is 35.5. The quantitative estimate of drug-likeness (QED) is 0.710. The molecule has 3 rings (SSSR count). The zero-order valence-electron chi connectivity index (χ0n) is 10.8. The molecule has 5 heteroatoms. The lowest BCUT2D eigenvalue weighted by Gasteiger charge is -2.09. The van der Waals surface area contributed by atoms with E-state index < -0.39 is 11.9 Å². The molecule has 0 fully saturated rings. The van der Waals surface area contributed by atoms with Crippen LogP contribution in [-0.2, 0) is 6.42 Å². The summed E-state index contributed by atoms with van der Waals surface area (Å²) in [4.78, 5) is 0.676. The molecule has 0 saturated carbocycles. The molecule has 0 spiro atoms. The van der Waals surface area contributed by atoms with Crippen LogP contribution < -0.4 is 0 Å². The van der Waals surface area contributed by atoms with E-state index in [1.54, 1.807) is 12.1 Å². The van der Waals surface area contributed by atoms with Gasteiger partial charge in [-0.3, -0.25) is 0 Å². The van der Waals surface area contributed by atoms with Crippen LogP contribution in [0.1, 0.15) is 16.5 Å². The predicted molar refractivity (Wildman–Crippen MR) is 81.9 cm³/mol. The summed E-state index contributed by atoms with van der Waals surface area (Å²) in [7, 11) is 0. The Bertz CT molecular complexity index is 800. The Labute approximate surface area is 129 Å². The maximum Gasteiger partial charge on any atom is 0.126 e. The fourth-order valence-electron chi connectivity index (χ4n) is 2.20. The summed E-state index contributed by atoms with van der Waals surface area (Å²) in [6.45, 7) is 0. The fraction of sp³-hybridized carbons (Fsp3) is 0.125. The summed E-state index contributed by atoms with van der Waals surface area (Å²) >= 11 is 7.14. The van der Waals surface area contributed by atoms with E-state index in [1.807, 2.05) is 0 Å². The number of halogens is 3. The lowest BCUT2D eigenvalue weighted by Crippen LogP contribution is -2.01. The second-order valence-electron chi connectivity index (χ2n) is 4.79. The number of rotatable bonds is 3. The van der Waals surface area contributed by atoms with Crippen LogP contribution in [0.15, 0.2) is 42.5 Å². The van der Waals surface area contributed by atoms with Crippen molar-refractivity contribution in [2.45, 2.75) is 12.5 Å². The summed E-state index contributed by atoms with van der Waals surface area (Å²) in [5, 5.41) is 11.6. The number of hydrogen-bond donors (Lipinski definition) is 1. The summed E-state index contributed by atoms with van der Waals surface area (Å²) < 4.78 is 27.6. The monoisotopic (exact) mass is 324 g/mol. The van der Waals surface area contributed by atoms with Crippen molar-refractivity contribution in [2.75, 3.05) is 0 Å². The van der Waals surface area contributed by atoms with Gasteiger partial charge in [0.2, 0.25) is 0 Å². The van der Waals surface area contributed by atoms with Gasteiger partial charge >= 0.3 is 0 Å². The number of aliphatic hydroxyl groups excluding tert-OH is 1. The Balaban J connectivity index is 1.89. The molecular formula is C16H11ClF2OS. The number of fused-ring (bicyclic) bond motifs is 1. The van der Waals surface area contributed by atoms with Gasteiger partial charge in [-0.1, -0.05) is 17.7 Å². The molecule has 1 heterocycles. The van der Waals surface area contributed by atoms with Gasteiger partial charge in [-0.2, -0.15) is 0 Å². The summed E-state index contributed by atoms with van der Waals surface area (Å²) in [5.74, 6) is -0.711. The standard InChI is InChI=1S/C16H11ClF2OS/c17-11-2-4-13(19)10(5-11)6-14(20)16-7-9-1-3-12(18)8-15(9)21-16/h1-5,7-8,14,20H,6H2. The van der Waals surface area contributed by atoms with Crippen LogP contribution >= 0.6 is 22.9 Å². The smallest absolute Gasteiger partial charge is 0.126 e. The molecule has 0 amide bonds. The molecular weight excluding hydrogens is 314 g/mol. The van der Waals surface area contributed by atoms with Gasteiger partial charge in [-0.15, -0.1) is 11.3 Å². The van der Waals surface area contributed by atoms with Crippen LogP contribution in [0.5, 0.6) is 0 Å². The topological polar surface area (TPSA) is 20.2 Å². The van der Waals surface area contributed by atoms with Crippen LogP contribution in [0.2, 0.25) is 5.02 Å². The average Bonchev–Trinajstić information content (AvgIpc) is 2.86. The van der Waals surface area contributed by atoms with Gasteiger partial charge in [0.25, 0.3) is 0 Å². The summed E-state index contributed by atoms with van der Waals surface area (Å²) in [6, 6.07) is 10.5. The zero-order chi connectivity index (χ0) is 15.0. The minimum Gasteiger partial charge on any atom is -0.387 e. The van der Waals surface area contributed by atoms with Gasteiger partial charge in [0.05, 0.1) is 6.10 Å². The number of benzene rings is 2. The van der Waals surface area contributed by atoms with Crippen molar-refractivity contribution >= 4 is 33.0 Å². The Kier molecular flexibility index (Phi) is 3.93. The van der Waals surface area contributed by atoms with Crippen LogP contribution in [0, 0.1) is 11.6 Å². The maximum absolute atomic E-state index is 13.7. The normalized spacial score (nSPS) is 12.8. The zero-order valence-corrected chi connectivity index (χ0v) is 12.4. The number of hydrogen-bond acceptors (Lipinski definition) is 2. The molecule has 1 nitrogen and oxygen atoms in total. The first-order chi connectivity index (χ1) is 10.0. The molecule has 0 aliphatic heterocycles. The Hall–Kier alpha value is -1.49. The van der Waals surface area contributed by atoms with Gasteiger partial charge < -0.3 is 5.11 Å². The van der Waals surface area contributed by atoms with Crippen molar-refractivity contribution in [3.05, 3.63) is 69.6 Å².